The standard InChI is InChI=1S/C22H24N4O7/c1-25-13-20(27)24-17(21(28)23-8-9-32-2)11-14-4-3-5-16(10-14)33-19-12-15(22(25)29)6-7-18(19)26(30)31/h3-7,10,12,17H,8-9,11,13H2,1-2H3,(H,23,28)(H,24,27). The van der Waals surface area contributed by atoms with Gasteiger partial charge in [0, 0.05) is 44.8 Å². The first-order chi connectivity index (χ1) is 15.8. The van der Waals surface area contributed by atoms with E-state index in [0.717, 1.165) is 4.90 Å². The van der Waals surface area contributed by atoms with Crippen LogP contribution >= 0.6 is 0 Å². The summed E-state index contributed by atoms with van der Waals surface area (Å²) >= 11 is 0. The fraction of sp³-hybridized carbons (Fsp3) is 0.318. The second kappa shape index (κ2) is 10.6. The van der Waals surface area contributed by atoms with Gasteiger partial charge in [-0.15, -0.1) is 0 Å². The van der Waals surface area contributed by atoms with Crippen LogP contribution in [0.2, 0.25) is 0 Å². The highest BCUT2D eigenvalue weighted by molar-refractivity contribution is 5.97. The summed E-state index contributed by atoms with van der Waals surface area (Å²) < 4.78 is 10.7. The number of carbonyl (C=O) groups is 3. The molecule has 11 heteroatoms. The first-order valence-electron chi connectivity index (χ1n) is 10.1. The molecule has 1 atom stereocenters. The van der Waals surface area contributed by atoms with Crippen molar-refractivity contribution in [2.45, 2.75) is 12.5 Å². The van der Waals surface area contributed by atoms with Crippen LogP contribution in [0.1, 0.15) is 15.9 Å². The number of carbonyl (C=O) groups excluding carboxylic acids is 3. The van der Waals surface area contributed by atoms with Crippen LogP contribution in [0.3, 0.4) is 0 Å². The zero-order valence-electron chi connectivity index (χ0n) is 18.2. The largest absolute Gasteiger partial charge is 0.450 e. The average Bonchev–Trinajstić information content (AvgIpc) is 2.77. The Morgan fingerprint density at radius 3 is 2.82 bits per heavy atom. The molecule has 174 valence electrons. The van der Waals surface area contributed by atoms with Gasteiger partial charge in [0.2, 0.25) is 17.6 Å². The van der Waals surface area contributed by atoms with E-state index in [2.05, 4.69) is 10.6 Å². The Morgan fingerprint density at radius 1 is 1.30 bits per heavy atom. The number of nitro groups is 1. The Hall–Kier alpha value is -3.99. The fourth-order valence-corrected chi connectivity index (χ4v) is 3.33. The molecule has 0 aromatic heterocycles. The van der Waals surface area contributed by atoms with Gasteiger partial charge in [-0.05, 0) is 23.8 Å². The number of hydrogen-bond acceptors (Lipinski definition) is 7. The predicted molar refractivity (Wildman–Crippen MR) is 117 cm³/mol. The number of benzene rings is 2. The minimum atomic E-state index is -0.914. The molecular formula is C22H24N4O7. The molecule has 11 nitrogen and oxygen atoms in total. The molecule has 0 fully saturated rings. The highest BCUT2D eigenvalue weighted by Crippen LogP contribution is 2.33. The van der Waals surface area contributed by atoms with Gasteiger partial charge in [-0.25, -0.2) is 0 Å². The highest BCUT2D eigenvalue weighted by atomic mass is 16.6. The van der Waals surface area contributed by atoms with Gasteiger partial charge in [-0.1, -0.05) is 12.1 Å². The maximum atomic E-state index is 12.8. The number of hydrogen-bond donors (Lipinski definition) is 2. The number of amides is 3. The van der Waals surface area contributed by atoms with Gasteiger partial charge >= 0.3 is 5.69 Å². The number of fused-ring (bicyclic) bond motifs is 4. The molecule has 0 saturated heterocycles. The van der Waals surface area contributed by atoms with Crippen molar-refractivity contribution in [1.82, 2.24) is 15.5 Å². The molecule has 0 saturated carbocycles. The minimum absolute atomic E-state index is 0.105. The molecule has 3 amide bonds. The van der Waals surface area contributed by atoms with E-state index < -0.39 is 28.7 Å². The monoisotopic (exact) mass is 456 g/mol. The molecule has 2 N–H and O–H groups in total. The third kappa shape index (κ3) is 6.04. The van der Waals surface area contributed by atoms with E-state index >= 15 is 0 Å². The van der Waals surface area contributed by atoms with E-state index in [1.807, 2.05) is 0 Å². The van der Waals surface area contributed by atoms with Gasteiger partial charge < -0.3 is 25.0 Å². The zero-order valence-corrected chi connectivity index (χ0v) is 18.2. The lowest BCUT2D eigenvalue weighted by Crippen LogP contribution is -2.51. The Bertz CT molecular complexity index is 1070. The van der Waals surface area contributed by atoms with Crippen LogP contribution in [0.4, 0.5) is 5.69 Å². The lowest BCUT2D eigenvalue weighted by atomic mass is 10.0. The predicted octanol–water partition coefficient (Wildman–Crippen LogP) is 1.26. The van der Waals surface area contributed by atoms with Crippen molar-refractivity contribution >= 4 is 23.4 Å². The summed E-state index contributed by atoms with van der Waals surface area (Å²) in [4.78, 5) is 50.1. The van der Waals surface area contributed by atoms with E-state index in [1.54, 1.807) is 24.3 Å². The second-order valence-corrected chi connectivity index (χ2v) is 7.46. The van der Waals surface area contributed by atoms with E-state index in [1.165, 1.54) is 32.4 Å². The number of methoxy groups -OCH3 is 1. The van der Waals surface area contributed by atoms with Gasteiger partial charge in [-0.3, -0.25) is 24.5 Å². The Labute approximate surface area is 189 Å². The maximum absolute atomic E-state index is 12.8. The van der Waals surface area contributed by atoms with Crippen molar-refractivity contribution in [3.05, 3.63) is 63.7 Å². The number of ether oxygens (including phenoxy) is 2. The molecule has 1 unspecified atom stereocenters. The number of nitrogens with one attached hydrogen (secondary N) is 2. The highest BCUT2D eigenvalue weighted by Gasteiger charge is 2.25. The van der Waals surface area contributed by atoms with Gasteiger partial charge in [-0.2, -0.15) is 0 Å². The zero-order chi connectivity index (χ0) is 24.0. The third-order valence-corrected chi connectivity index (χ3v) is 4.95. The van der Waals surface area contributed by atoms with Crippen molar-refractivity contribution in [2.24, 2.45) is 0 Å². The summed E-state index contributed by atoms with van der Waals surface area (Å²) in [6.07, 6.45) is 0.140. The van der Waals surface area contributed by atoms with Gasteiger partial charge in [0.1, 0.15) is 11.8 Å². The van der Waals surface area contributed by atoms with Crippen LogP contribution < -0.4 is 15.4 Å². The quantitative estimate of drug-likeness (QED) is 0.392. The van der Waals surface area contributed by atoms with Crippen LogP contribution in [-0.4, -0.2) is 67.4 Å². The number of nitro benzene ring substituents is 1. The van der Waals surface area contributed by atoms with Crippen molar-refractivity contribution < 1.29 is 28.8 Å². The summed E-state index contributed by atoms with van der Waals surface area (Å²) in [5.74, 6) is -1.28. The van der Waals surface area contributed by atoms with Crippen molar-refractivity contribution in [3.8, 4) is 11.5 Å². The molecular weight excluding hydrogens is 432 g/mol. The Morgan fingerprint density at radius 2 is 2.09 bits per heavy atom. The molecule has 0 aliphatic carbocycles. The fourth-order valence-electron chi connectivity index (χ4n) is 3.33. The van der Waals surface area contributed by atoms with E-state index in [9.17, 15) is 24.5 Å². The molecule has 1 aliphatic rings. The summed E-state index contributed by atoms with van der Waals surface area (Å²) in [6.45, 7) is 0.263. The van der Waals surface area contributed by atoms with Crippen LogP contribution in [0.5, 0.6) is 11.5 Å². The molecule has 0 radical (unpaired) electrons. The normalized spacial score (nSPS) is 16.3. The van der Waals surface area contributed by atoms with Crippen LogP contribution in [0, 0.1) is 10.1 Å². The van der Waals surface area contributed by atoms with Crippen molar-refractivity contribution in [2.75, 3.05) is 33.9 Å². The third-order valence-electron chi connectivity index (χ3n) is 4.95. The van der Waals surface area contributed by atoms with Crippen LogP contribution in [-0.2, 0) is 20.7 Å². The Kier molecular flexibility index (Phi) is 7.57. The van der Waals surface area contributed by atoms with Gasteiger partial charge in [0.05, 0.1) is 18.1 Å². The first kappa shape index (κ1) is 23.7. The van der Waals surface area contributed by atoms with Crippen LogP contribution in [0.15, 0.2) is 42.5 Å². The molecule has 2 aromatic rings. The average molecular weight is 456 g/mol. The molecule has 2 aromatic carbocycles. The first-order valence-corrected chi connectivity index (χ1v) is 10.1. The second-order valence-electron chi connectivity index (χ2n) is 7.46. The Balaban J connectivity index is 2.00. The van der Waals surface area contributed by atoms with E-state index in [-0.39, 0.29) is 42.3 Å². The summed E-state index contributed by atoms with van der Waals surface area (Å²) in [5.41, 5.74) is 0.479. The van der Waals surface area contributed by atoms with Crippen molar-refractivity contribution in [3.63, 3.8) is 0 Å². The SMILES string of the molecule is COCCNC(=O)C1Cc2cccc(c2)Oc2cc(ccc2[N+](=O)[O-])C(=O)N(C)CC(=O)N1. The van der Waals surface area contributed by atoms with Gasteiger partial charge in [0.25, 0.3) is 5.91 Å². The molecule has 1 heterocycles. The lowest BCUT2D eigenvalue weighted by molar-refractivity contribution is -0.385. The topological polar surface area (TPSA) is 140 Å². The van der Waals surface area contributed by atoms with Gasteiger partial charge in [0.15, 0.2) is 0 Å². The molecule has 1 aliphatic heterocycles. The lowest BCUT2D eigenvalue weighted by Gasteiger charge is -2.22. The summed E-state index contributed by atoms with van der Waals surface area (Å²) in [5, 5.41) is 16.8. The number of rotatable bonds is 5. The minimum Gasteiger partial charge on any atom is -0.450 e. The summed E-state index contributed by atoms with van der Waals surface area (Å²) in [6, 6.07) is 9.50. The number of likely N-dealkylation sites (N-methyl/N-ethyl adjacent to an activating group) is 1. The molecule has 0 spiro atoms. The maximum Gasteiger partial charge on any atom is 0.311 e. The number of nitrogens with zero attached hydrogens (tertiary/aromatic N) is 2. The van der Waals surface area contributed by atoms with E-state index in [0.29, 0.717) is 12.2 Å². The molecule has 4 bridgehead atoms. The summed E-state index contributed by atoms with van der Waals surface area (Å²) in [7, 11) is 2.93. The van der Waals surface area contributed by atoms with E-state index in [4.69, 9.17) is 9.47 Å². The smallest absolute Gasteiger partial charge is 0.311 e. The van der Waals surface area contributed by atoms with Crippen molar-refractivity contribution in [1.29, 1.82) is 0 Å². The molecule has 3 rings (SSSR count). The van der Waals surface area contributed by atoms with Crippen LogP contribution in [0.25, 0.3) is 0 Å². The molecule has 33 heavy (non-hydrogen) atoms.